The van der Waals surface area contributed by atoms with Gasteiger partial charge < -0.3 is 19.5 Å². The fraction of sp³-hybridized carbons (Fsp3) is 0.316. The first-order valence-electron chi connectivity index (χ1n) is 8.77. The molecule has 1 N–H and O–H groups in total. The highest BCUT2D eigenvalue weighted by Crippen LogP contribution is 2.36. The van der Waals surface area contributed by atoms with E-state index in [1.807, 2.05) is 13.0 Å². The number of rotatable bonds is 3. The van der Waals surface area contributed by atoms with Gasteiger partial charge in [-0.3, -0.25) is 9.10 Å². The summed E-state index contributed by atoms with van der Waals surface area (Å²) in [6.45, 7) is 2.17. The Balaban J connectivity index is 1.57. The van der Waals surface area contributed by atoms with Gasteiger partial charge in [0.1, 0.15) is 5.75 Å². The molecule has 1 amide bonds. The monoisotopic (exact) mass is 404 g/mol. The van der Waals surface area contributed by atoms with Crippen molar-refractivity contribution in [2.75, 3.05) is 29.2 Å². The number of aryl methyl sites for hydroxylation is 1. The van der Waals surface area contributed by atoms with Crippen LogP contribution in [-0.2, 0) is 14.8 Å². The van der Waals surface area contributed by atoms with Gasteiger partial charge in [0, 0.05) is 24.7 Å². The predicted molar refractivity (Wildman–Crippen MR) is 104 cm³/mol. The van der Waals surface area contributed by atoms with Crippen LogP contribution in [0.5, 0.6) is 17.2 Å². The van der Waals surface area contributed by atoms with Crippen LogP contribution in [0.1, 0.15) is 12.0 Å². The molecule has 2 heterocycles. The van der Waals surface area contributed by atoms with E-state index in [-0.39, 0.29) is 25.7 Å². The second kappa shape index (κ2) is 6.90. The molecule has 4 rings (SSSR count). The zero-order chi connectivity index (χ0) is 19.9. The van der Waals surface area contributed by atoms with Crippen LogP contribution in [-0.4, -0.2) is 40.0 Å². The van der Waals surface area contributed by atoms with Crippen LogP contribution in [0, 0.1) is 6.92 Å². The van der Waals surface area contributed by atoms with E-state index in [9.17, 15) is 13.2 Å². The Morgan fingerprint density at radius 1 is 1.11 bits per heavy atom. The number of nitrogens with one attached hydrogen (secondary N) is 1. The highest BCUT2D eigenvalue weighted by molar-refractivity contribution is 7.92. The Labute approximate surface area is 163 Å². The third kappa shape index (κ3) is 3.57. The average molecular weight is 404 g/mol. The molecule has 2 aliphatic rings. The summed E-state index contributed by atoms with van der Waals surface area (Å²) in [5.41, 5.74) is 1.89. The Bertz CT molecular complexity index is 1040. The zero-order valence-electron chi connectivity index (χ0n) is 15.5. The molecule has 2 aliphatic heterocycles. The minimum absolute atomic E-state index is 0.147. The number of nitrogens with zero attached hydrogens (tertiary/aromatic N) is 1. The van der Waals surface area contributed by atoms with Crippen molar-refractivity contribution >= 4 is 27.3 Å². The average Bonchev–Trinajstić information content (AvgIpc) is 3.00. The summed E-state index contributed by atoms with van der Waals surface area (Å²) in [6.07, 6.45) is 0.530. The number of benzene rings is 2. The molecule has 8 nitrogen and oxygen atoms in total. The van der Waals surface area contributed by atoms with Crippen molar-refractivity contribution < 1.29 is 27.4 Å². The largest absolute Gasteiger partial charge is 0.478 e. The first kappa shape index (κ1) is 18.4. The second-order valence-electron chi connectivity index (χ2n) is 6.76. The smallest absolute Gasteiger partial charge is 0.265 e. The molecule has 0 saturated heterocycles. The van der Waals surface area contributed by atoms with Gasteiger partial charge in [-0.05, 0) is 36.8 Å². The van der Waals surface area contributed by atoms with E-state index < -0.39 is 16.1 Å². The number of sulfonamides is 1. The Hall–Kier alpha value is -2.94. The van der Waals surface area contributed by atoms with Gasteiger partial charge in [0.2, 0.25) is 16.8 Å². The Morgan fingerprint density at radius 3 is 2.64 bits per heavy atom. The van der Waals surface area contributed by atoms with Crippen LogP contribution in [0.25, 0.3) is 0 Å². The minimum Gasteiger partial charge on any atom is -0.478 e. The molecule has 0 radical (unpaired) electrons. The van der Waals surface area contributed by atoms with Crippen molar-refractivity contribution in [3.63, 3.8) is 0 Å². The molecular formula is C19H20N2O6S. The third-order valence-electron chi connectivity index (χ3n) is 4.58. The van der Waals surface area contributed by atoms with E-state index >= 15 is 0 Å². The molecule has 148 valence electrons. The van der Waals surface area contributed by atoms with Gasteiger partial charge in [-0.15, -0.1) is 0 Å². The second-order valence-corrected chi connectivity index (χ2v) is 8.67. The molecule has 2 aromatic carbocycles. The van der Waals surface area contributed by atoms with E-state index in [1.54, 1.807) is 30.3 Å². The fourth-order valence-corrected chi connectivity index (χ4v) is 4.15. The summed E-state index contributed by atoms with van der Waals surface area (Å²) in [5, 5.41) is 2.80. The first-order valence-corrected chi connectivity index (χ1v) is 10.6. The molecule has 0 bridgehead atoms. The molecule has 0 spiro atoms. The lowest BCUT2D eigenvalue weighted by Gasteiger charge is -2.21. The van der Waals surface area contributed by atoms with Gasteiger partial charge in [-0.1, -0.05) is 6.07 Å². The van der Waals surface area contributed by atoms with Crippen LogP contribution < -0.4 is 23.8 Å². The molecule has 0 fully saturated rings. The van der Waals surface area contributed by atoms with Crippen LogP contribution >= 0.6 is 0 Å². The maximum Gasteiger partial charge on any atom is 0.265 e. The maximum absolute atomic E-state index is 12.8. The van der Waals surface area contributed by atoms with Crippen molar-refractivity contribution in [2.45, 2.75) is 19.4 Å². The summed E-state index contributed by atoms with van der Waals surface area (Å²) < 4.78 is 42.2. The van der Waals surface area contributed by atoms with E-state index in [2.05, 4.69) is 5.32 Å². The number of hydrogen-bond acceptors (Lipinski definition) is 6. The normalized spacial score (nSPS) is 18.1. The lowest BCUT2D eigenvalue weighted by Crippen LogP contribution is -2.35. The van der Waals surface area contributed by atoms with E-state index in [0.29, 0.717) is 28.6 Å². The quantitative estimate of drug-likeness (QED) is 0.844. The summed E-state index contributed by atoms with van der Waals surface area (Å²) in [6, 6.07) is 10.4. The molecule has 1 atom stereocenters. The highest BCUT2D eigenvalue weighted by atomic mass is 32.2. The standard InChI is InChI=1S/C19H20N2O6S/c1-12-3-5-15-14(9-12)21(28(2,23)24)8-7-17(27-15)19(22)20-13-4-6-16-18(10-13)26-11-25-16/h3-6,9-10,17H,7-8,11H2,1-2H3,(H,20,22). The van der Waals surface area contributed by atoms with Crippen molar-refractivity contribution in [1.82, 2.24) is 0 Å². The van der Waals surface area contributed by atoms with Gasteiger partial charge in [-0.2, -0.15) is 0 Å². The highest BCUT2D eigenvalue weighted by Gasteiger charge is 2.31. The summed E-state index contributed by atoms with van der Waals surface area (Å²) in [7, 11) is -3.50. The van der Waals surface area contributed by atoms with E-state index in [4.69, 9.17) is 14.2 Å². The van der Waals surface area contributed by atoms with Crippen LogP contribution in [0.2, 0.25) is 0 Å². The lowest BCUT2D eigenvalue weighted by atomic mass is 10.2. The van der Waals surface area contributed by atoms with Gasteiger partial charge >= 0.3 is 0 Å². The number of hydrogen-bond donors (Lipinski definition) is 1. The van der Waals surface area contributed by atoms with Crippen molar-refractivity contribution in [3.8, 4) is 17.2 Å². The van der Waals surface area contributed by atoms with Crippen molar-refractivity contribution in [3.05, 3.63) is 42.0 Å². The molecule has 0 aromatic heterocycles. The van der Waals surface area contributed by atoms with Crippen LogP contribution in [0.4, 0.5) is 11.4 Å². The predicted octanol–water partition coefficient (Wildman–Crippen LogP) is 2.28. The third-order valence-corrected chi connectivity index (χ3v) is 5.76. The summed E-state index contributed by atoms with van der Waals surface area (Å²) in [4.78, 5) is 12.8. The number of fused-ring (bicyclic) bond motifs is 2. The van der Waals surface area contributed by atoms with Crippen LogP contribution in [0.3, 0.4) is 0 Å². The maximum atomic E-state index is 12.8. The summed E-state index contributed by atoms with van der Waals surface area (Å²) >= 11 is 0. The molecule has 0 aliphatic carbocycles. The number of amides is 1. The first-order chi connectivity index (χ1) is 13.3. The van der Waals surface area contributed by atoms with Gasteiger partial charge in [0.25, 0.3) is 5.91 Å². The van der Waals surface area contributed by atoms with Gasteiger partial charge in [0.05, 0.1) is 11.9 Å². The van der Waals surface area contributed by atoms with Gasteiger partial charge in [0.15, 0.2) is 17.6 Å². The zero-order valence-corrected chi connectivity index (χ0v) is 16.3. The molecule has 28 heavy (non-hydrogen) atoms. The fourth-order valence-electron chi connectivity index (χ4n) is 3.22. The molecule has 2 aromatic rings. The molecular weight excluding hydrogens is 384 g/mol. The van der Waals surface area contributed by atoms with Crippen LogP contribution in [0.15, 0.2) is 36.4 Å². The van der Waals surface area contributed by atoms with E-state index in [1.165, 1.54) is 4.31 Å². The Morgan fingerprint density at radius 2 is 1.86 bits per heavy atom. The molecule has 1 unspecified atom stereocenters. The molecule has 9 heteroatoms. The minimum atomic E-state index is -3.50. The number of anilines is 2. The van der Waals surface area contributed by atoms with Crippen molar-refractivity contribution in [1.29, 1.82) is 0 Å². The number of carbonyl (C=O) groups excluding carboxylic acids is 1. The lowest BCUT2D eigenvalue weighted by molar-refractivity contribution is -0.122. The Kier molecular flexibility index (Phi) is 4.54. The number of ether oxygens (including phenoxy) is 3. The van der Waals surface area contributed by atoms with Gasteiger partial charge in [-0.25, -0.2) is 8.42 Å². The SMILES string of the molecule is Cc1ccc2c(c1)N(S(C)(=O)=O)CCC(C(=O)Nc1ccc3c(c1)OCO3)O2. The van der Waals surface area contributed by atoms with Crippen molar-refractivity contribution in [2.24, 2.45) is 0 Å². The number of carbonyl (C=O) groups is 1. The summed E-state index contributed by atoms with van der Waals surface area (Å²) in [5.74, 6) is 1.18. The topological polar surface area (TPSA) is 94.2 Å². The molecule has 0 saturated carbocycles. The van der Waals surface area contributed by atoms with E-state index in [0.717, 1.165) is 11.8 Å².